The molecule has 0 unspecified atom stereocenters. The first-order valence-electron chi connectivity index (χ1n) is 6.35. The number of para-hydroxylation sites is 1. The summed E-state index contributed by atoms with van der Waals surface area (Å²) in [6, 6.07) is 14.5. The summed E-state index contributed by atoms with van der Waals surface area (Å²) in [5.74, 6) is -0.632. The summed E-state index contributed by atoms with van der Waals surface area (Å²) >= 11 is 5.95. The van der Waals surface area contributed by atoms with Crippen molar-refractivity contribution in [1.29, 1.82) is 0 Å². The van der Waals surface area contributed by atoms with Crippen molar-refractivity contribution in [3.8, 4) is 0 Å². The molecule has 0 spiro atoms. The van der Waals surface area contributed by atoms with Crippen molar-refractivity contribution in [2.45, 2.75) is 0 Å². The van der Waals surface area contributed by atoms with Crippen molar-refractivity contribution >= 4 is 33.8 Å². The number of hydrogen-bond donors (Lipinski definition) is 1. The van der Waals surface area contributed by atoms with Crippen molar-refractivity contribution in [2.24, 2.45) is 0 Å². The number of nitrogen functional groups attached to an aromatic ring is 1. The van der Waals surface area contributed by atoms with Crippen LogP contribution in [0.4, 0.5) is 10.1 Å². The lowest BCUT2D eigenvalue weighted by Crippen LogP contribution is -2.06. The minimum absolute atomic E-state index is 0.234. The SMILES string of the molecule is Nc1c(Cl)cccc1C(=O)c1ccc(F)c2ccccc12. The molecular weight excluding hydrogens is 289 g/mol. The molecule has 0 saturated heterocycles. The number of nitrogens with two attached hydrogens (primary N) is 1. The average Bonchev–Trinajstić information content (AvgIpc) is 2.50. The molecule has 0 aliphatic rings. The summed E-state index contributed by atoms with van der Waals surface area (Å²) in [4.78, 5) is 12.7. The van der Waals surface area contributed by atoms with Gasteiger partial charge in [-0.15, -0.1) is 0 Å². The Labute approximate surface area is 126 Å². The molecule has 104 valence electrons. The zero-order valence-electron chi connectivity index (χ0n) is 10.9. The number of halogens is 2. The summed E-state index contributed by atoms with van der Waals surface area (Å²) in [5.41, 5.74) is 6.82. The van der Waals surface area contributed by atoms with Gasteiger partial charge in [-0.2, -0.15) is 0 Å². The fourth-order valence-corrected chi connectivity index (χ4v) is 2.51. The first kappa shape index (κ1) is 13.6. The fraction of sp³-hybridized carbons (Fsp3) is 0. The van der Waals surface area contributed by atoms with Crippen LogP contribution in [0.25, 0.3) is 10.8 Å². The molecule has 0 aliphatic heterocycles. The van der Waals surface area contributed by atoms with E-state index in [1.807, 2.05) is 0 Å². The number of ketones is 1. The Hall–Kier alpha value is -2.39. The highest BCUT2D eigenvalue weighted by Crippen LogP contribution is 2.28. The number of hydrogen-bond acceptors (Lipinski definition) is 2. The maximum absolute atomic E-state index is 13.8. The molecule has 0 bridgehead atoms. The Kier molecular flexibility index (Phi) is 3.35. The number of rotatable bonds is 2. The van der Waals surface area contributed by atoms with E-state index >= 15 is 0 Å². The van der Waals surface area contributed by atoms with Crippen molar-refractivity contribution in [2.75, 3.05) is 5.73 Å². The van der Waals surface area contributed by atoms with E-state index in [0.29, 0.717) is 26.9 Å². The van der Waals surface area contributed by atoms with Gasteiger partial charge in [0.2, 0.25) is 0 Å². The van der Waals surface area contributed by atoms with E-state index < -0.39 is 0 Å². The van der Waals surface area contributed by atoms with Crippen LogP contribution in [0.15, 0.2) is 54.6 Å². The van der Waals surface area contributed by atoms with Gasteiger partial charge in [-0.1, -0.05) is 41.9 Å². The third-order valence-electron chi connectivity index (χ3n) is 3.41. The second kappa shape index (κ2) is 5.19. The largest absolute Gasteiger partial charge is 0.397 e. The maximum Gasteiger partial charge on any atom is 0.195 e. The lowest BCUT2D eigenvalue weighted by Gasteiger charge is -2.09. The third-order valence-corrected chi connectivity index (χ3v) is 3.74. The van der Waals surface area contributed by atoms with E-state index in [0.717, 1.165) is 0 Å². The highest BCUT2D eigenvalue weighted by Gasteiger charge is 2.17. The molecule has 3 aromatic carbocycles. The summed E-state index contributed by atoms with van der Waals surface area (Å²) in [6.07, 6.45) is 0. The van der Waals surface area contributed by atoms with E-state index in [4.69, 9.17) is 17.3 Å². The van der Waals surface area contributed by atoms with Crippen LogP contribution in [0.5, 0.6) is 0 Å². The summed E-state index contributed by atoms with van der Waals surface area (Å²) < 4.78 is 13.8. The zero-order valence-corrected chi connectivity index (χ0v) is 11.7. The molecule has 2 N–H and O–H groups in total. The summed E-state index contributed by atoms with van der Waals surface area (Å²) in [7, 11) is 0. The van der Waals surface area contributed by atoms with E-state index in [1.165, 1.54) is 12.1 Å². The molecule has 0 heterocycles. The standard InChI is InChI=1S/C17H11ClFNO/c18-14-7-3-6-13(16(14)20)17(21)12-8-9-15(19)11-5-2-1-4-10(11)12/h1-9H,20H2. The minimum atomic E-state index is -0.360. The molecule has 0 fully saturated rings. The van der Waals surface area contributed by atoms with Gasteiger partial charge in [-0.3, -0.25) is 4.79 Å². The topological polar surface area (TPSA) is 43.1 Å². The molecule has 0 amide bonds. The first-order chi connectivity index (χ1) is 10.1. The summed E-state index contributed by atoms with van der Waals surface area (Å²) in [5, 5.41) is 1.29. The van der Waals surface area contributed by atoms with E-state index in [2.05, 4.69) is 0 Å². The summed E-state index contributed by atoms with van der Waals surface area (Å²) in [6.45, 7) is 0. The first-order valence-corrected chi connectivity index (χ1v) is 6.73. The molecular formula is C17H11ClFNO. The Morgan fingerprint density at radius 2 is 1.62 bits per heavy atom. The lowest BCUT2D eigenvalue weighted by molar-refractivity contribution is 0.104. The van der Waals surface area contributed by atoms with Gasteiger partial charge in [-0.05, 0) is 29.7 Å². The van der Waals surface area contributed by atoms with Gasteiger partial charge in [0.05, 0.1) is 10.7 Å². The van der Waals surface area contributed by atoms with Crippen LogP contribution in [0.2, 0.25) is 5.02 Å². The molecule has 0 radical (unpaired) electrons. The molecule has 3 aromatic rings. The smallest absolute Gasteiger partial charge is 0.195 e. The monoisotopic (exact) mass is 299 g/mol. The van der Waals surface area contributed by atoms with Crippen LogP contribution in [0.3, 0.4) is 0 Å². The van der Waals surface area contributed by atoms with Gasteiger partial charge in [0.25, 0.3) is 0 Å². The van der Waals surface area contributed by atoms with Gasteiger partial charge in [0.15, 0.2) is 5.78 Å². The number of fused-ring (bicyclic) bond motifs is 1. The highest BCUT2D eigenvalue weighted by molar-refractivity contribution is 6.34. The van der Waals surface area contributed by atoms with Crippen LogP contribution in [0, 0.1) is 5.82 Å². The molecule has 3 rings (SSSR count). The second-order valence-corrected chi connectivity index (χ2v) is 5.08. The number of carbonyl (C=O) groups is 1. The van der Waals surface area contributed by atoms with E-state index in [1.54, 1.807) is 42.5 Å². The molecule has 4 heteroatoms. The lowest BCUT2D eigenvalue weighted by atomic mass is 9.96. The normalized spacial score (nSPS) is 10.8. The quantitative estimate of drug-likeness (QED) is 0.561. The molecule has 21 heavy (non-hydrogen) atoms. The van der Waals surface area contributed by atoms with Gasteiger partial charge < -0.3 is 5.73 Å². The zero-order chi connectivity index (χ0) is 15.0. The maximum atomic E-state index is 13.8. The Morgan fingerprint density at radius 3 is 2.38 bits per heavy atom. The number of anilines is 1. The Morgan fingerprint density at radius 1 is 0.905 bits per heavy atom. The average molecular weight is 300 g/mol. The minimum Gasteiger partial charge on any atom is -0.397 e. The predicted molar refractivity (Wildman–Crippen MR) is 83.2 cm³/mol. The van der Waals surface area contributed by atoms with Gasteiger partial charge in [0, 0.05) is 16.5 Å². The molecule has 2 nitrogen and oxygen atoms in total. The molecule has 0 aromatic heterocycles. The second-order valence-electron chi connectivity index (χ2n) is 4.67. The van der Waals surface area contributed by atoms with Crippen molar-refractivity contribution in [3.05, 3.63) is 76.6 Å². The van der Waals surface area contributed by atoms with Crippen molar-refractivity contribution in [3.63, 3.8) is 0 Å². The van der Waals surface area contributed by atoms with Crippen LogP contribution in [0.1, 0.15) is 15.9 Å². The van der Waals surface area contributed by atoms with Crippen molar-refractivity contribution < 1.29 is 9.18 Å². The molecule has 0 aliphatic carbocycles. The van der Waals surface area contributed by atoms with Gasteiger partial charge >= 0.3 is 0 Å². The highest BCUT2D eigenvalue weighted by atomic mass is 35.5. The van der Waals surface area contributed by atoms with Gasteiger partial charge in [-0.25, -0.2) is 4.39 Å². The van der Waals surface area contributed by atoms with Crippen molar-refractivity contribution in [1.82, 2.24) is 0 Å². The van der Waals surface area contributed by atoms with Gasteiger partial charge in [0.1, 0.15) is 5.82 Å². The van der Waals surface area contributed by atoms with Crippen LogP contribution >= 0.6 is 11.6 Å². The fourth-order valence-electron chi connectivity index (χ4n) is 2.34. The van der Waals surface area contributed by atoms with Crippen LogP contribution in [-0.4, -0.2) is 5.78 Å². The number of carbonyl (C=O) groups excluding carboxylic acids is 1. The van der Waals surface area contributed by atoms with E-state index in [-0.39, 0.29) is 17.3 Å². The Bertz CT molecular complexity index is 861. The Balaban J connectivity index is 2.23. The number of benzene rings is 3. The van der Waals surface area contributed by atoms with E-state index in [9.17, 15) is 9.18 Å². The predicted octanol–water partition coefficient (Wildman–Crippen LogP) is 4.45. The van der Waals surface area contributed by atoms with Crippen LogP contribution in [-0.2, 0) is 0 Å². The molecule has 0 saturated carbocycles. The van der Waals surface area contributed by atoms with Crippen LogP contribution < -0.4 is 5.73 Å². The third kappa shape index (κ3) is 2.26. The molecule has 0 atom stereocenters.